The zero-order valence-electron chi connectivity index (χ0n) is 15.8. The molecule has 0 aliphatic rings. The van der Waals surface area contributed by atoms with Gasteiger partial charge in [-0.1, -0.05) is 43.3 Å². The molecule has 5 nitrogen and oxygen atoms in total. The summed E-state index contributed by atoms with van der Waals surface area (Å²) < 4.78 is 24.7. The van der Waals surface area contributed by atoms with Crippen LogP contribution in [-0.4, -0.2) is 45.0 Å². The van der Waals surface area contributed by atoms with Crippen LogP contribution in [-0.2, 0) is 9.84 Å². The van der Waals surface area contributed by atoms with Crippen molar-refractivity contribution in [3.05, 3.63) is 60.7 Å². The largest absolute Gasteiger partial charge is 0.357 e. The first-order chi connectivity index (χ1) is 13.0. The fourth-order valence-electron chi connectivity index (χ4n) is 2.38. The highest BCUT2D eigenvalue weighted by atomic mass is 32.2. The molecular weight excluding hydrogens is 378 g/mol. The third-order valence-corrected chi connectivity index (χ3v) is 6.52. The van der Waals surface area contributed by atoms with Crippen molar-refractivity contribution in [3.63, 3.8) is 0 Å². The van der Waals surface area contributed by atoms with Crippen LogP contribution in [0.4, 0.5) is 0 Å². The van der Waals surface area contributed by atoms with E-state index in [4.69, 9.17) is 0 Å². The van der Waals surface area contributed by atoms with E-state index >= 15 is 0 Å². The maximum atomic E-state index is 12.3. The highest BCUT2D eigenvalue weighted by molar-refractivity contribution is 8.00. The molecule has 7 heteroatoms. The lowest BCUT2D eigenvalue weighted by Gasteiger charge is -2.13. The van der Waals surface area contributed by atoms with E-state index in [9.17, 15) is 8.42 Å². The van der Waals surface area contributed by atoms with Crippen LogP contribution >= 0.6 is 11.8 Å². The van der Waals surface area contributed by atoms with Gasteiger partial charge in [0.15, 0.2) is 15.8 Å². The van der Waals surface area contributed by atoms with E-state index in [0.29, 0.717) is 29.2 Å². The summed E-state index contributed by atoms with van der Waals surface area (Å²) in [6.07, 6.45) is 0. The first-order valence-electron chi connectivity index (χ1n) is 9.03. The minimum atomic E-state index is -3.29. The van der Waals surface area contributed by atoms with Crippen LogP contribution < -0.4 is 10.6 Å². The first-order valence-corrected chi connectivity index (χ1v) is 11.6. The molecule has 0 aliphatic carbocycles. The summed E-state index contributed by atoms with van der Waals surface area (Å²) in [7, 11) is -3.29. The van der Waals surface area contributed by atoms with Gasteiger partial charge in [0.25, 0.3) is 0 Å². The Balaban J connectivity index is 1.86. The van der Waals surface area contributed by atoms with Gasteiger partial charge in [-0.2, -0.15) is 0 Å². The van der Waals surface area contributed by atoms with Crippen LogP contribution in [0.1, 0.15) is 13.8 Å². The molecule has 0 spiro atoms. The maximum Gasteiger partial charge on any atom is 0.191 e. The first kappa shape index (κ1) is 21.3. The third-order valence-electron chi connectivity index (χ3n) is 3.70. The summed E-state index contributed by atoms with van der Waals surface area (Å²) in [6, 6.07) is 18.7. The van der Waals surface area contributed by atoms with E-state index < -0.39 is 9.84 Å². The highest BCUT2D eigenvalue weighted by Gasteiger charge is 2.13. The van der Waals surface area contributed by atoms with Crippen molar-refractivity contribution in [2.45, 2.75) is 28.9 Å². The lowest BCUT2D eigenvalue weighted by atomic mass is 10.4. The summed E-state index contributed by atoms with van der Waals surface area (Å²) in [4.78, 5) is 6.14. The third kappa shape index (κ3) is 7.64. The van der Waals surface area contributed by atoms with Gasteiger partial charge in [0.1, 0.15) is 0 Å². The molecule has 2 rings (SSSR count). The van der Waals surface area contributed by atoms with E-state index in [1.54, 1.807) is 36.0 Å². The number of sulfone groups is 1. The molecule has 0 aromatic heterocycles. The molecule has 0 amide bonds. The molecule has 2 N–H and O–H groups in total. The highest BCUT2D eigenvalue weighted by Crippen LogP contribution is 2.22. The van der Waals surface area contributed by atoms with Gasteiger partial charge in [0.2, 0.25) is 0 Å². The molecule has 0 saturated heterocycles. The molecule has 1 atom stereocenters. The summed E-state index contributed by atoms with van der Waals surface area (Å²) in [5, 5.41) is 6.59. The molecule has 0 radical (unpaired) electrons. The molecule has 146 valence electrons. The van der Waals surface area contributed by atoms with Gasteiger partial charge < -0.3 is 10.6 Å². The van der Waals surface area contributed by atoms with Crippen molar-refractivity contribution in [2.24, 2.45) is 4.99 Å². The maximum absolute atomic E-state index is 12.3. The van der Waals surface area contributed by atoms with Crippen LogP contribution in [0.5, 0.6) is 0 Å². The molecule has 27 heavy (non-hydrogen) atoms. The van der Waals surface area contributed by atoms with Gasteiger partial charge in [-0.05, 0) is 31.2 Å². The number of hydrogen-bond donors (Lipinski definition) is 2. The van der Waals surface area contributed by atoms with E-state index in [-0.39, 0.29) is 5.75 Å². The number of nitrogens with one attached hydrogen (secondary N) is 2. The summed E-state index contributed by atoms with van der Waals surface area (Å²) in [5.41, 5.74) is 0. The Hall–Kier alpha value is -1.99. The Morgan fingerprint density at radius 3 is 2.30 bits per heavy atom. The Kier molecular flexibility index (Phi) is 8.67. The molecule has 2 aromatic rings. The van der Waals surface area contributed by atoms with Gasteiger partial charge >= 0.3 is 0 Å². The number of nitrogens with zero attached hydrogens (tertiary/aromatic N) is 1. The smallest absolute Gasteiger partial charge is 0.191 e. The molecular formula is C20H27N3O2S2. The van der Waals surface area contributed by atoms with Crippen LogP contribution in [0.3, 0.4) is 0 Å². The molecule has 1 unspecified atom stereocenters. The van der Waals surface area contributed by atoms with Crippen molar-refractivity contribution in [3.8, 4) is 0 Å². The van der Waals surface area contributed by atoms with Crippen molar-refractivity contribution < 1.29 is 8.42 Å². The topological polar surface area (TPSA) is 70.6 Å². The van der Waals surface area contributed by atoms with E-state index in [2.05, 4.69) is 34.7 Å². The van der Waals surface area contributed by atoms with Gasteiger partial charge in [-0.3, -0.25) is 4.99 Å². The van der Waals surface area contributed by atoms with Crippen molar-refractivity contribution in [2.75, 3.05) is 25.4 Å². The predicted molar refractivity (Wildman–Crippen MR) is 114 cm³/mol. The standard InChI is InChI=1S/C20H27N3O2S2/c1-3-21-20(23-16-17(2)26-18-10-6-4-7-11-18)22-14-15-27(24,25)19-12-8-5-9-13-19/h4-13,17H,3,14-16H2,1-2H3,(H2,21,22,23). The molecule has 2 aromatic carbocycles. The molecule has 0 heterocycles. The predicted octanol–water partition coefficient (Wildman–Crippen LogP) is 3.20. The summed E-state index contributed by atoms with van der Waals surface area (Å²) in [5.74, 6) is 0.664. The molecule has 0 aliphatic heterocycles. The number of benzene rings is 2. The second kappa shape index (κ2) is 11.0. The van der Waals surface area contributed by atoms with Crippen LogP contribution in [0.15, 0.2) is 75.4 Å². The summed E-state index contributed by atoms with van der Waals surface area (Å²) >= 11 is 1.77. The van der Waals surface area contributed by atoms with E-state index in [1.807, 2.05) is 31.2 Å². The normalized spacial score (nSPS) is 13.2. The van der Waals surface area contributed by atoms with Crippen LogP contribution in [0.2, 0.25) is 0 Å². The Labute approximate surface area is 166 Å². The minimum absolute atomic E-state index is 0.0236. The van der Waals surface area contributed by atoms with Gasteiger partial charge in [-0.25, -0.2) is 8.42 Å². The second-order valence-corrected chi connectivity index (χ2v) is 9.64. The van der Waals surface area contributed by atoms with Gasteiger partial charge in [-0.15, -0.1) is 11.8 Å². The Bertz CT molecular complexity index is 810. The monoisotopic (exact) mass is 405 g/mol. The second-order valence-electron chi connectivity index (χ2n) is 6.02. The van der Waals surface area contributed by atoms with E-state index in [1.165, 1.54) is 4.90 Å². The van der Waals surface area contributed by atoms with Crippen molar-refractivity contribution in [1.82, 2.24) is 10.6 Å². The number of thioether (sulfide) groups is 1. The Morgan fingerprint density at radius 1 is 1.04 bits per heavy atom. The van der Waals surface area contributed by atoms with Gasteiger partial charge in [0, 0.05) is 23.2 Å². The quantitative estimate of drug-likeness (QED) is 0.381. The zero-order chi connectivity index (χ0) is 19.5. The number of guanidine groups is 1. The number of hydrogen-bond acceptors (Lipinski definition) is 4. The van der Waals surface area contributed by atoms with E-state index in [0.717, 1.165) is 6.54 Å². The van der Waals surface area contributed by atoms with Crippen LogP contribution in [0, 0.1) is 0 Å². The minimum Gasteiger partial charge on any atom is -0.357 e. The van der Waals surface area contributed by atoms with Gasteiger partial charge in [0.05, 0.1) is 17.2 Å². The lowest BCUT2D eigenvalue weighted by Crippen LogP contribution is -2.40. The fourth-order valence-corrected chi connectivity index (χ4v) is 4.49. The number of aliphatic imine (C=N–C) groups is 1. The SMILES string of the molecule is CCNC(=NCC(C)Sc1ccccc1)NCCS(=O)(=O)c1ccccc1. The average Bonchev–Trinajstić information content (AvgIpc) is 2.67. The Morgan fingerprint density at radius 2 is 1.67 bits per heavy atom. The lowest BCUT2D eigenvalue weighted by molar-refractivity contribution is 0.594. The number of rotatable bonds is 9. The zero-order valence-corrected chi connectivity index (χ0v) is 17.4. The molecule has 0 saturated carbocycles. The summed E-state index contributed by atoms with van der Waals surface area (Å²) in [6.45, 7) is 5.78. The average molecular weight is 406 g/mol. The van der Waals surface area contributed by atoms with Crippen molar-refractivity contribution >= 4 is 27.6 Å². The van der Waals surface area contributed by atoms with Crippen LogP contribution in [0.25, 0.3) is 0 Å². The molecule has 0 fully saturated rings. The van der Waals surface area contributed by atoms with Crippen molar-refractivity contribution in [1.29, 1.82) is 0 Å². The fraction of sp³-hybridized carbons (Fsp3) is 0.350. The molecule has 0 bridgehead atoms.